The van der Waals surface area contributed by atoms with Gasteiger partial charge in [0.1, 0.15) is 8.42 Å². The Labute approximate surface area is 97.4 Å². The Hall–Kier alpha value is -0.480. The Morgan fingerprint density at radius 3 is 2.75 bits per heavy atom. The van der Waals surface area contributed by atoms with Gasteiger partial charge in [-0.05, 0) is 11.6 Å². The normalized spacial score (nSPS) is 20.1. The maximum atomic E-state index is 11.8. The smallest absolute Gasteiger partial charge is 0.247 e. The van der Waals surface area contributed by atoms with E-state index in [1.54, 1.807) is 0 Å². The van der Waals surface area contributed by atoms with Crippen LogP contribution >= 0.6 is 11.3 Å². The van der Waals surface area contributed by atoms with Crippen molar-refractivity contribution in [1.29, 1.82) is 0 Å². The third-order valence-corrected chi connectivity index (χ3v) is 7.15. The lowest BCUT2D eigenvalue weighted by Gasteiger charge is -1.96. The molecule has 16 heavy (non-hydrogen) atoms. The summed E-state index contributed by atoms with van der Waals surface area (Å²) in [5.41, 5.74) is 0.478. The van der Waals surface area contributed by atoms with Gasteiger partial charge >= 0.3 is 0 Å². The van der Waals surface area contributed by atoms with Gasteiger partial charge < -0.3 is 5.32 Å². The number of rotatable bonds is 1. The van der Waals surface area contributed by atoms with Gasteiger partial charge in [0.2, 0.25) is 10.0 Å². The van der Waals surface area contributed by atoms with Crippen LogP contribution in [0.5, 0.6) is 0 Å². The first-order valence-corrected chi connectivity index (χ1v) is 8.41. The molecule has 1 aromatic rings. The van der Waals surface area contributed by atoms with Crippen LogP contribution < -0.4 is 10.5 Å². The van der Waals surface area contributed by atoms with Gasteiger partial charge in [-0.1, -0.05) is 0 Å². The Kier molecular flexibility index (Phi) is 2.83. The van der Waals surface area contributed by atoms with Crippen molar-refractivity contribution in [3.05, 3.63) is 11.6 Å². The van der Waals surface area contributed by atoms with Crippen LogP contribution in [0.2, 0.25) is 0 Å². The predicted octanol–water partition coefficient (Wildman–Crippen LogP) is -0.728. The highest BCUT2D eigenvalue weighted by atomic mass is 32.3. The fourth-order valence-electron chi connectivity index (χ4n) is 1.44. The van der Waals surface area contributed by atoms with Crippen molar-refractivity contribution >= 4 is 31.2 Å². The summed E-state index contributed by atoms with van der Waals surface area (Å²) in [6, 6.07) is 1.32. The number of nitrogens with two attached hydrogens (primary N) is 1. The zero-order chi connectivity index (χ0) is 12.0. The minimum Gasteiger partial charge on any atom is -0.312 e. The quantitative estimate of drug-likeness (QED) is 0.706. The van der Waals surface area contributed by atoms with E-state index in [2.05, 4.69) is 5.32 Å². The van der Waals surface area contributed by atoms with Crippen LogP contribution in [0.4, 0.5) is 0 Å². The van der Waals surface area contributed by atoms with Crippen LogP contribution in [0.1, 0.15) is 5.56 Å². The summed E-state index contributed by atoms with van der Waals surface area (Å²) in [7, 11) is -7.21. The van der Waals surface area contributed by atoms with Gasteiger partial charge in [0.05, 0.1) is 5.75 Å². The Morgan fingerprint density at radius 2 is 2.12 bits per heavy atom. The summed E-state index contributed by atoms with van der Waals surface area (Å²) in [4.78, 5) is 0. The van der Waals surface area contributed by atoms with Crippen molar-refractivity contribution in [2.24, 2.45) is 5.14 Å². The number of sulfonamides is 1. The molecule has 0 fully saturated rings. The topological polar surface area (TPSA) is 106 Å². The second-order valence-electron chi connectivity index (χ2n) is 3.42. The molecular weight excluding hydrogens is 272 g/mol. The highest BCUT2D eigenvalue weighted by Gasteiger charge is 2.27. The molecular formula is C7H10N2O4S3. The molecule has 0 bridgehead atoms. The lowest BCUT2D eigenvalue weighted by atomic mass is 10.3. The summed E-state index contributed by atoms with van der Waals surface area (Å²) in [6.45, 7) is 0.717. The third kappa shape index (κ3) is 2.13. The molecule has 0 spiro atoms. The summed E-state index contributed by atoms with van der Waals surface area (Å²) in [5, 5.41) is 7.88. The molecule has 1 aliphatic heterocycles. The zero-order valence-electron chi connectivity index (χ0n) is 8.13. The molecule has 0 amide bonds. The maximum absolute atomic E-state index is 11.8. The number of hydrogen-bond acceptors (Lipinski definition) is 6. The molecule has 2 heterocycles. The minimum absolute atomic E-state index is 0.0232. The molecule has 3 N–H and O–H groups in total. The minimum atomic E-state index is -3.83. The number of hydrogen-bond donors (Lipinski definition) is 2. The van der Waals surface area contributed by atoms with Crippen LogP contribution in [-0.4, -0.2) is 29.1 Å². The highest BCUT2D eigenvalue weighted by Crippen LogP contribution is 2.31. The number of sulfone groups is 1. The van der Waals surface area contributed by atoms with Gasteiger partial charge in [0.25, 0.3) is 0 Å². The average molecular weight is 282 g/mol. The molecule has 0 unspecified atom stereocenters. The third-order valence-electron chi connectivity index (χ3n) is 2.17. The van der Waals surface area contributed by atoms with Crippen molar-refractivity contribution in [3.8, 4) is 0 Å². The van der Waals surface area contributed by atoms with Crippen molar-refractivity contribution in [2.75, 3.05) is 12.3 Å². The van der Waals surface area contributed by atoms with E-state index in [-0.39, 0.29) is 14.2 Å². The van der Waals surface area contributed by atoms with E-state index in [1.807, 2.05) is 0 Å². The van der Waals surface area contributed by atoms with Gasteiger partial charge in [-0.2, -0.15) is 0 Å². The van der Waals surface area contributed by atoms with E-state index in [1.165, 1.54) is 6.07 Å². The van der Waals surface area contributed by atoms with Crippen LogP contribution in [0, 0.1) is 0 Å². The first-order chi connectivity index (χ1) is 7.31. The van der Waals surface area contributed by atoms with Gasteiger partial charge in [-0.15, -0.1) is 11.3 Å². The summed E-state index contributed by atoms with van der Waals surface area (Å²) in [6.07, 6.45) is 0. The molecule has 90 valence electrons. The lowest BCUT2D eigenvalue weighted by Crippen LogP contribution is -2.17. The van der Waals surface area contributed by atoms with Crippen molar-refractivity contribution in [3.63, 3.8) is 0 Å². The molecule has 2 rings (SSSR count). The standard InChI is InChI=1S/C7H10N2O4S3/c8-16(12,13)6-3-5-4-9-1-2-15(10,11)7(5)14-6/h3,9H,1-2,4H2,(H2,8,12,13). The van der Waals surface area contributed by atoms with Crippen LogP contribution in [0.3, 0.4) is 0 Å². The summed E-state index contributed by atoms with van der Waals surface area (Å²) < 4.78 is 45.8. The molecule has 0 aromatic carbocycles. The van der Waals surface area contributed by atoms with Crippen LogP contribution in [0.25, 0.3) is 0 Å². The molecule has 0 radical (unpaired) electrons. The molecule has 6 nitrogen and oxygen atoms in total. The lowest BCUT2D eigenvalue weighted by molar-refractivity contribution is 0.596. The maximum Gasteiger partial charge on any atom is 0.247 e. The number of primary sulfonamides is 1. The van der Waals surface area contributed by atoms with E-state index >= 15 is 0 Å². The monoisotopic (exact) mass is 282 g/mol. The number of fused-ring (bicyclic) bond motifs is 1. The van der Waals surface area contributed by atoms with Crippen LogP contribution in [0.15, 0.2) is 14.5 Å². The highest BCUT2D eigenvalue weighted by molar-refractivity contribution is 7.95. The first kappa shape index (κ1) is 12.0. The van der Waals surface area contributed by atoms with E-state index in [9.17, 15) is 16.8 Å². The Balaban J connectivity index is 2.64. The summed E-state index contributed by atoms with van der Waals surface area (Å²) >= 11 is 0.722. The molecule has 0 saturated carbocycles. The van der Waals surface area contributed by atoms with E-state index in [4.69, 9.17) is 5.14 Å². The van der Waals surface area contributed by atoms with Crippen molar-refractivity contribution in [2.45, 2.75) is 15.0 Å². The average Bonchev–Trinajstić information content (AvgIpc) is 2.51. The molecule has 0 aliphatic carbocycles. The molecule has 9 heteroatoms. The second-order valence-corrected chi connectivity index (χ2v) is 8.56. The fourth-order valence-corrected chi connectivity index (χ4v) is 5.42. The van der Waals surface area contributed by atoms with Gasteiger partial charge in [0.15, 0.2) is 9.84 Å². The number of nitrogens with one attached hydrogen (secondary N) is 1. The van der Waals surface area contributed by atoms with Crippen molar-refractivity contribution in [1.82, 2.24) is 5.32 Å². The Bertz CT molecular complexity index is 614. The van der Waals surface area contributed by atoms with Gasteiger partial charge in [-0.3, -0.25) is 0 Å². The second kappa shape index (κ2) is 3.77. The SMILES string of the molecule is NS(=O)(=O)c1cc2c(s1)S(=O)(=O)CCNC2. The first-order valence-electron chi connectivity index (χ1n) is 4.40. The number of thiophene rings is 1. The van der Waals surface area contributed by atoms with E-state index in [0.29, 0.717) is 18.7 Å². The fraction of sp³-hybridized carbons (Fsp3) is 0.429. The predicted molar refractivity (Wildman–Crippen MR) is 59.5 cm³/mol. The molecule has 1 aromatic heterocycles. The summed E-state index contributed by atoms with van der Waals surface area (Å²) in [5.74, 6) is -0.0232. The van der Waals surface area contributed by atoms with Gasteiger partial charge in [-0.25, -0.2) is 22.0 Å². The van der Waals surface area contributed by atoms with Crippen LogP contribution in [-0.2, 0) is 26.4 Å². The largest absolute Gasteiger partial charge is 0.312 e. The zero-order valence-corrected chi connectivity index (χ0v) is 10.6. The molecule has 0 saturated heterocycles. The van der Waals surface area contributed by atoms with E-state index in [0.717, 1.165) is 11.3 Å². The van der Waals surface area contributed by atoms with E-state index < -0.39 is 19.9 Å². The van der Waals surface area contributed by atoms with Gasteiger partial charge in [0, 0.05) is 13.1 Å². The molecule has 1 aliphatic rings. The van der Waals surface area contributed by atoms with Crippen molar-refractivity contribution < 1.29 is 16.8 Å². The Morgan fingerprint density at radius 1 is 1.44 bits per heavy atom. The molecule has 0 atom stereocenters.